The highest BCUT2D eigenvalue weighted by Gasteiger charge is 2.18. The van der Waals surface area contributed by atoms with Gasteiger partial charge in [0, 0.05) is 18.6 Å². The van der Waals surface area contributed by atoms with Crippen molar-refractivity contribution >= 4 is 6.21 Å². The van der Waals surface area contributed by atoms with Crippen LogP contribution in [0.5, 0.6) is 0 Å². The van der Waals surface area contributed by atoms with E-state index in [0.29, 0.717) is 6.04 Å². The molecule has 0 saturated heterocycles. The topological polar surface area (TPSA) is 25.2 Å². The molecule has 2 nitrogen and oxygen atoms in total. The third kappa shape index (κ3) is 1.87. The molecule has 0 spiro atoms. The van der Waals surface area contributed by atoms with Gasteiger partial charge in [-0.05, 0) is 30.5 Å². The lowest BCUT2D eigenvalue weighted by Crippen LogP contribution is -1.82. The van der Waals surface area contributed by atoms with Crippen LogP contribution < -0.4 is 0 Å². The van der Waals surface area contributed by atoms with Crippen LogP contribution in [0.4, 0.5) is 0 Å². The molecule has 0 aliphatic heterocycles. The molecule has 0 radical (unpaired) electrons. The van der Waals surface area contributed by atoms with Gasteiger partial charge in [-0.3, -0.25) is 9.98 Å². The van der Waals surface area contributed by atoms with Crippen LogP contribution in [0.3, 0.4) is 0 Å². The van der Waals surface area contributed by atoms with Gasteiger partial charge in [-0.2, -0.15) is 0 Å². The average Bonchev–Trinajstić information content (AvgIpc) is 2.86. The highest BCUT2D eigenvalue weighted by molar-refractivity contribution is 5.79. The molecule has 1 saturated carbocycles. The predicted molar refractivity (Wildman–Crippen MR) is 44.9 cm³/mol. The highest BCUT2D eigenvalue weighted by Crippen LogP contribution is 2.22. The Morgan fingerprint density at radius 3 is 2.73 bits per heavy atom. The molecule has 11 heavy (non-hydrogen) atoms. The molecule has 0 bridgehead atoms. The molecule has 1 aromatic heterocycles. The minimum atomic E-state index is 0.614. The van der Waals surface area contributed by atoms with Crippen LogP contribution >= 0.6 is 0 Å². The number of aromatic nitrogens is 1. The molecule has 0 aromatic carbocycles. The molecular formula is C9H10N2. The van der Waals surface area contributed by atoms with Crippen LogP contribution in [-0.4, -0.2) is 17.2 Å². The van der Waals surface area contributed by atoms with Gasteiger partial charge in [0.25, 0.3) is 0 Å². The van der Waals surface area contributed by atoms with Crippen LogP contribution in [0.1, 0.15) is 18.4 Å². The third-order valence-corrected chi connectivity index (χ3v) is 1.69. The first-order valence-electron chi connectivity index (χ1n) is 3.88. The van der Waals surface area contributed by atoms with Crippen molar-refractivity contribution in [2.75, 3.05) is 0 Å². The molecule has 2 heteroatoms. The maximum Gasteiger partial charge on any atom is 0.0501 e. The monoisotopic (exact) mass is 146 g/mol. The Hall–Kier alpha value is -1.18. The maximum absolute atomic E-state index is 4.35. The van der Waals surface area contributed by atoms with E-state index in [1.54, 1.807) is 12.4 Å². The molecular weight excluding hydrogens is 136 g/mol. The Kier molecular flexibility index (Phi) is 1.68. The van der Waals surface area contributed by atoms with E-state index in [4.69, 9.17) is 0 Å². The molecule has 2 rings (SSSR count). The summed E-state index contributed by atoms with van der Waals surface area (Å²) in [5.74, 6) is 0. The molecule has 1 aliphatic carbocycles. The summed E-state index contributed by atoms with van der Waals surface area (Å²) in [6.07, 6.45) is 8.03. The second-order valence-electron chi connectivity index (χ2n) is 2.79. The van der Waals surface area contributed by atoms with E-state index in [1.165, 1.54) is 12.8 Å². The summed E-state index contributed by atoms with van der Waals surface area (Å²) >= 11 is 0. The molecule has 0 N–H and O–H groups in total. The van der Waals surface area contributed by atoms with Crippen molar-refractivity contribution in [1.29, 1.82) is 0 Å². The first-order valence-corrected chi connectivity index (χ1v) is 3.88. The molecule has 0 amide bonds. The Bertz CT molecular complexity index is 250. The van der Waals surface area contributed by atoms with Crippen molar-refractivity contribution < 1.29 is 0 Å². The predicted octanol–water partition coefficient (Wildman–Crippen LogP) is 1.66. The summed E-state index contributed by atoms with van der Waals surface area (Å²) in [7, 11) is 0. The van der Waals surface area contributed by atoms with E-state index < -0.39 is 0 Å². The van der Waals surface area contributed by atoms with Gasteiger partial charge < -0.3 is 0 Å². The number of nitrogens with zero attached hydrogens (tertiary/aromatic N) is 2. The van der Waals surface area contributed by atoms with Crippen molar-refractivity contribution in [3.63, 3.8) is 0 Å². The van der Waals surface area contributed by atoms with Gasteiger partial charge in [0.15, 0.2) is 0 Å². The summed E-state index contributed by atoms with van der Waals surface area (Å²) < 4.78 is 0. The Labute approximate surface area is 66.0 Å². The van der Waals surface area contributed by atoms with Crippen LogP contribution in [0, 0.1) is 0 Å². The second kappa shape index (κ2) is 2.82. The number of pyridine rings is 1. The van der Waals surface area contributed by atoms with Gasteiger partial charge in [-0.1, -0.05) is 0 Å². The fraction of sp³-hybridized carbons (Fsp3) is 0.333. The number of aliphatic imine (C=N–C) groups is 1. The molecule has 1 aromatic rings. The quantitative estimate of drug-likeness (QED) is 0.582. The lowest BCUT2D eigenvalue weighted by atomic mass is 10.3. The zero-order valence-electron chi connectivity index (χ0n) is 6.27. The fourth-order valence-electron chi connectivity index (χ4n) is 0.865. The average molecular weight is 146 g/mol. The fourth-order valence-corrected chi connectivity index (χ4v) is 0.865. The normalized spacial score (nSPS) is 17.5. The van der Waals surface area contributed by atoms with Crippen LogP contribution in [-0.2, 0) is 0 Å². The SMILES string of the molecule is C(=NC1CC1)c1ccncc1. The van der Waals surface area contributed by atoms with Crippen molar-refractivity contribution in [3.8, 4) is 0 Å². The Morgan fingerprint density at radius 1 is 1.36 bits per heavy atom. The zero-order chi connectivity index (χ0) is 7.52. The summed E-state index contributed by atoms with van der Waals surface area (Å²) in [6, 6.07) is 4.54. The third-order valence-electron chi connectivity index (χ3n) is 1.69. The van der Waals surface area contributed by atoms with Crippen molar-refractivity contribution in [1.82, 2.24) is 4.98 Å². The van der Waals surface area contributed by atoms with Crippen molar-refractivity contribution in [3.05, 3.63) is 30.1 Å². The Balaban J connectivity index is 2.05. The van der Waals surface area contributed by atoms with E-state index in [-0.39, 0.29) is 0 Å². The standard InChI is InChI=1S/C9H10N2/c1-2-9(1)11-7-8-3-5-10-6-4-8/h3-7,9H,1-2H2. The molecule has 0 atom stereocenters. The molecule has 1 fully saturated rings. The molecule has 1 heterocycles. The van der Waals surface area contributed by atoms with Crippen molar-refractivity contribution in [2.24, 2.45) is 4.99 Å². The first kappa shape index (κ1) is 6.53. The van der Waals surface area contributed by atoms with Crippen LogP contribution in [0.2, 0.25) is 0 Å². The lowest BCUT2D eigenvalue weighted by Gasteiger charge is -1.88. The largest absolute Gasteiger partial charge is 0.289 e. The lowest BCUT2D eigenvalue weighted by molar-refractivity contribution is 1.08. The van der Waals surface area contributed by atoms with Gasteiger partial charge in [0.2, 0.25) is 0 Å². The number of hydrogen-bond donors (Lipinski definition) is 0. The second-order valence-corrected chi connectivity index (χ2v) is 2.79. The van der Waals surface area contributed by atoms with Gasteiger partial charge in [0.05, 0.1) is 6.04 Å². The van der Waals surface area contributed by atoms with Gasteiger partial charge >= 0.3 is 0 Å². The van der Waals surface area contributed by atoms with Gasteiger partial charge in [-0.25, -0.2) is 0 Å². The molecule has 56 valence electrons. The minimum Gasteiger partial charge on any atom is -0.289 e. The molecule has 0 unspecified atom stereocenters. The highest BCUT2D eigenvalue weighted by atomic mass is 14.8. The maximum atomic E-state index is 4.35. The minimum absolute atomic E-state index is 0.614. The van der Waals surface area contributed by atoms with E-state index in [9.17, 15) is 0 Å². The molecule has 1 aliphatic rings. The summed E-state index contributed by atoms with van der Waals surface area (Å²) in [4.78, 5) is 8.28. The van der Waals surface area contributed by atoms with Crippen LogP contribution in [0.15, 0.2) is 29.5 Å². The zero-order valence-corrected chi connectivity index (χ0v) is 6.27. The Morgan fingerprint density at radius 2 is 2.09 bits per heavy atom. The van der Waals surface area contributed by atoms with Crippen molar-refractivity contribution in [2.45, 2.75) is 18.9 Å². The van der Waals surface area contributed by atoms with E-state index in [0.717, 1.165) is 5.56 Å². The number of rotatable bonds is 2. The van der Waals surface area contributed by atoms with E-state index in [1.807, 2.05) is 18.3 Å². The summed E-state index contributed by atoms with van der Waals surface area (Å²) in [5.41, 5.74) is 1.15. The summed E-state index contributed by atoms with van der Waals surface area (Å²) in [5, 5.41) is 0. The van der Waals surface area contributed by atoms with E-state index in [2.05, 4.69) is 9.98 Å². The van der Waals surface area contributed by atoms with E-state index >= 15 is 0 Å². The van der Waals surface area contributed by atoms with Gasteiger partial charge in [-0.15, -0.1) is 0 Å². The smallest absolute Gasteiger partial charge is 0.0501 e. The van der Waals surface area contributed by atoms with Gasteiger partial charge in [0.1, 0.15) is 0 Å². The summed E-state index contributed by atoms with van der Waals surface area (Å²) in [6.45, 7) is 0. The first-order chi connectivity index (χ1) is 5.45. The van der Waals surface area contributed by atoms with Crippen LogP contribution in [0.25, 0.3) is 0 Å². The number of hydrogen-bond acceptors (Lipinski definition) is 2.